The molecule has 0 unspecified atom stereocenters. The number of hydrogen-bond acceptors (Lipinski definition) is 4. The highest BCUT2D eigenvalue weighted by Gasteiger charge is 2.39. The first kappa shape index (κ1) is 21.4. The second-order valence-electron chi connectivity index (χ2n) is 7.92. The molecule has 0 aromatic heterocycles. The second kappa shape index (κ2) is 9.10. The molecule has 5 heteroatoms. The van der Waals surface area contributed by atoms with Crippen LogP contribution in [0.15, 0.2) is 78.5 Å². The number of rotatable bonds is 7. The minimum absolute atomic E-state index is 0.289. The fourth-order valence-corrected chi connectivity index (χ4v) is 3.89. The van der Waals surface area contributed by atoms with Gasteiger partial charge < -0.3 is 10.1 Å². The Balaban J connectivity index is 1.69. The molecule has 4 rings (SSSR count). The van der Waals surface area contributed by atoms with Gasteiger partial charge in [0.1, 0.15) is 11.4 Å². The highest BCUT2D eigenvalue weighted by atomic mass is 16.5. The molecule has 0 bridgehead atoms. The second-order valence-corrected chi connectivity index (χ2v) is 7.92. The first-order valence-electron chi connectivity index (χ1n) is 10.6. The van der Waals surface area contributed by atoms with Gasteiger partial charge in [0.25, 0.3) is 11.8 Å². The van der Waals surface area contributed by atoms with Gasteiger partial charge >= 0.3 is 0 Å². The Bertz CT molecular complexity index is 1180. The van der Waals surface area contributed by atoms with Crippen molar-refractivity contribution < 1.29 is 14.3 Å². The van der Waals surface area contributed by atoms with Gasteiger partial charge in [0.05, 0.1) is 12.7 Å². The fraction of sp³-hybridized carbons (Fsp3) is 0.185. The number of amides is 2. The van der Waals surface area contributed by atoms with E-state index >= 15 is 0 Å². The highest BCUT2D eigenvalue weighted by Crippen LogP contribution is 2.32. The molecule has 1 aliphatic rings. The number of anilines is 1. The number of aryl methyl sites for hydroxylation is 2. The number of hydrogen-bond donors (Lipinski definition) is 1. The molecule has 0 saturated carbocycles. The summed E-state index contributed by atoms with van der Waals surface area (Å²) in [4.78, 5) is 28.1. The fourth-order valence-electron chi connectivity index (χ4n) is 3.89. The van der Waals surface area contributed by atoms with Crippen molar-refractivity contribution in [3.8, 4) is 5.75 Å². The summed E-state index contributed by atoms with van der Waals surface area (Å²) in [6, 6.07) is 23.0. The molecular formula is C27H26N2O3. The van der Waals surface area contributed by atoms with E-state index in [1.165, 1.54) is 4.90 Å². The monoisotopic (exact) mass is 426 g/mol. The van der Waals surface area contributed by atoms with Crippen molar-refractivity contribution in [2.75, 3.05) is 19.0 Å². The van der Waals surface area contributed by atoms with E-state index in [2.05, 4.69) is 5.32 Å². The van der Waals surface area contributed by atoms with Crippen molar-refractivity contribution >= 4 is 23.1 Å². The Morgan fingerprint density at radius 3 is 2.25 bits per heavy atom. The third kappa shape index (κ3) is 4.28. The molecule has 1 N–H and O–H groups in total. The van der Waals surface area contributed by atoms with Crippen LogP contribution in [-0.4, -0.2) is 30.4 Å². The lowest BCUT2D eigenvalue weighted by Crippen LogP contribution is -2.34. The Morgan fingerprint density at radius 1 is 0.875 bits per heavy atom. The summed E-state index contributed by atoms with van der Waals surface area (Å²) >= 11 is 0. The Labute approximate surface area is 188 Å². The molecule has 0 spiro atoms. The molecule has 1 aliphatic heterocycles. The lowest BCUT2D eigenvalue weighted by Gasteiger charge is -2.16. The molecule has 32 heavy (non-hydrogen) atoms. The highest BCUT2D eigenvalue weighted by molar-refractivity contribution is 6.36. The molecule has 1 heterocycles. The number of methoxy groups -OCH3 is 1. The van der Waals surface area contributed by atoms with Crippen molar-refractivity contribution in [2.24, 2.45) is 0 Å². The lowest BCUT2D eigenvalue weighted by atomic mass is 10.0. The molecule has 0 atom stereocenters. The molecule has 0 aliphatic carbocycles. The number of nitrogens with zero attached hydrogens (tertiary/aromatic N) is 1. The van der Waals surface area contributed by atoms with Crippen LogP contribution in [0.2, 0.25) is 0 Å². The number of benzene rings is 3. The number of carbonyl (C=O) groups is 2. The average molecular weight is 427 g/mol. The summed E-state index contributed by atoms with van der Waals surface area (Å²) < 4.78 is 5.24. The number of nitrogens with one attached hydrogen (secondary N) is 1. The van der Waals surface area contributed by atoms with Crippen LogP contribution in [0.4, 0.5) is 5.69 Å². The predicted molar refractivity (Wildman–Crippen MR) is 126 cm³/mol. The van der Waals surface area contributed by atoms with Gasteiger partial charge in [-0.05, 0) is 55.2 Å². The first-order valence-corrected chi connectivity index (χ1v) is 10.6. The van der Waals surface area contributed by atoms with E-state index in [-0.39, 0.29) is 11.8 Å². The van der Waals surface area contributed by atoms with Crippen molar-refractivity contribution in [1.29, 1.82) is 0 Å². The summed E-state index contributed by atoms with van der Waals surface area (Å²) in [5.41, 5.74) is 5.40. The standard InChI is InChI=1S/C27H26N2O3/c1-18-9-14-23(19(2)17-18)28-25-24(21-10-12-22(32-3)13-11-21)26(30)29(27(25)31)16-15-20-7-5-4-6-8-20/h4-14,17,28H,15-16H2,1-3H3. The Kier molecular flexibility index (Phi) is 6.08. The maximum Gasteiger partial charge on any atom is 0.278 e. The number of carbonyl (C=O) groups excluding carboxylic acids is 2. The van der Waals surface area contributed by atoms with Crippen LogP contribution in [0.5, 0.6) is 5.75 Å². The van der Waals surface area contributed by atoms with Crippen LogP contribution in [0.25, 0.3) is 5.57 Å². The maximum absolute atomic E-state index is 13.4. The van der Waals surface area contributed by atoms with Crippen LogP contribution < -0.4 is 10.1 Å². The zero-order chi connectivity index (χ0) is 22.7. The Morgan fingerprint density at radius 2 is 1.59 bits per heavy atom. The first-order chi connectivity index (χ1) is 15.5. The summed E-state index contributed by atoms with van der Waals surface area (Å²) in [5.74, 6) is 0.0935. The van der Waals surface area contributed by atoms with Gasteiger partial charge in [-0.1, -0.05) is 60.2 Å². The summed E-state index contributed by atoms with van der Waals surface area (Å²) in [5, 5.41) is 3.26. The van der Waals surface area contributed by atoms with Gasteiger partial charge in [-0.15, -0.1) is 0 Å². The maximum atomic E-state index is 13.4. The van der Waals surface area contributed by atoms with Crippen molar-refractivity contribution in [3.05, 3.63) is 101 Å². The minimum atomic E-state index is -0.309. The van der Waals surface area contributed by atoms with Crippen LogP contribution in [-0.2, 0) is 16.0 Å². The van der Waals surface area contributed by atoms with E-state index in [1.807, 2.05) is 74.5 Å². The summed E-state index contributed by atoms with van der Waals surface area (Å²) in [7, 11) is 1.59. The molecule has 0 radical (unpaired) electrons. The lowest BCUT2D eigenvalue weighted by molar-refractivity contribution is -0.136. The van der Waals surface area contributed by atoms with E-state index in [4.69, 9.17) is 4.74 Å². The molecule has 0 saturated heterocycles. The molecule has 0 fully saturated rings. The van der Waals surface area contributed by atoms with E-state index < -0.39 is 0 Å². The SMILES string of the molecule is COc1ccc(C2=C(Nc3ccc(C)cc3C)C(=O)N(CCc3ccccc3)C2=O)cc1. The van der Waals surface area contributed by atoms with Gasteiger partial charge in [-0.3, -0.25) is 14.5 Å². The van der Waals surface area contributed by atoms with E-state index in [9.17, 15) is 9.59 Å². The molecule has 162 valence electrons. The zero-order valence-electron chi connectivity index (χ0n) is 18.5. The molecule has 3 aromatic rings. The molecular weight excluding hydrogens is 400 g/mol. The number of ether oxygens (including phenoxy) is 1. The largest absolute Gasteiger partial charge is 0.497 e. The summed E-state index contributed by atoms with van der Waals surface area (Å²) in [6.07, 6.45) is 0.602. The minimum Gasteiger partial charge on any atom is -0.497 e. The van der Waals surface area contributed by atoms with E-state index in [1.54, 1.807) is 19.2 Å². The molecule has 3 aromatic carbocycles. The molecule has 2 amide bonds. The van der Waals surface area contributed by atoms with E-state index in [0.717, 1.165) is 22.4 Å². The predicted octanol–water partition coefficient (Wildman–Crippen LogP) is 4.75. The smallest absolute Gasteiger partial charge is 0.278 e. The van der Waals surface area contributed by atoms with Gasteiger partial charge in [-0.2, -0.15) is 0 Å². The van der Waals surface area contributed by atoms with Crippen LogP contribution in [0, 0.1) is 13.8 Å². The van der Waals surface area contributed by atoms with Gasteiger partial charge in [0, 0.05) is 12.2 Å². The van der Waals surface area contributed by atoms with Gasteiger partial charge in [0.15, 0.2) is 0 Å². The quantitative estimate of drug-likeness (QED) is 0.554. The Hall–Kier alpha value is -3.86. The van der Waals surface area contributed by atoms with Gasteiger partial charge in [0.2, 0.25) is 0 Å². The van der Waals surface area contributed by atoms with Crippen molar-refractivity contribution in [1.82, 2.24) is 4.90 Å². The van der Waals surface area contributed by atoms with Crippen LogP contribution in [0.1, 0.15) is 22.3 Å². The third-order valence-electron chi connectivity index (χ3n) is 5.66. The third-order valence-corrected chi connectivity index (χ3v) is 5.66. The van der Waals surface area contributed by atoms with E-state index in [0.29, 0.717) is 35.5 Å². The zero-order valence-corrected chi connectivity index (χ0v) is 18.5. The summed E-state index contributed by atoms with van der Waals surface area (Å²) in [6.45, 7) is 4.32. The molecule has 5 nitrogen and oxygen atoms in total. The van der Waals surface area contributed by atoms with Crippen LogP contribution >= 0.6 is 0 Å². The van der Waals surface area contributed by atoms with Gasteiger partial charge in [-0.25, -0.2) is 0 Å². The number of imide groups is 1. The average Bonchev–Trinajstić information content (AvgIpc) is 3.04. The van der Waals surface area contributed by atoms with Crippen molar-refractivity contribution in [3.63, 3.8) is 0 Å². The van der Waals surface area contributed by atoms with Crippen molar-refractivity contribution in [2.45, 2.75) is 20.3 Å². The van der Waals surface area contributed by atoms with Crippen LogP contribution in [0.3, 0.4) is 0 Å². The topological polar surface area (TPSA) is 58.6 Å². The normalized spacial score (nSPS) is 13.7.